The van der Waals surface area contributed by atoms with Gasteiger partial charge in [-0.15, -0.1) is 11.3 Å². The van der Waals surface area contributed by atoms with E-state index >= 15 is 0 Å². The van der Waals surface area contributed by atoms with Crippen molar-refractivity contribution in [3.63, 3.8) is 0 Å². The van der Waals surface area contributed by atoms with Crippen LogP contribution in [-0.2, 0) is 10.0 Å². The largest absolute Gasteiger partial charge is 0.304 e. The van der Waals surface area contributed by atoms with Crippen molar-refractivity contribution in [3.8, 4) is 0 Å². The van der Waals surface area contributed by atoms with E-state index in [4.69, 9.17) is 0 Å². The second-order valence-corrected chi connectivity index (χ2v) is 7.96. The van der Waals surface area contributed by atoms with Crippen LogP contribution in [0.5, 0.6) is 0 Å². The van der Waals surface area contributed by atoms with Crippen molar-refractivity contribution in [3.05, 3.63) is 50.0 Å². The first-order valence-electron chi connectivity index (χ1n) is 5.02. The summed E-state index contributed by atoms with van der Waals surface area (Å²) in [7, 11) is -3.84. The van der Waals surface area contributed by atoms with Crippen LogP contribution in [-0.4, -0.2) is 13.3 Å². The minimum atomic E-state index is -3.84. The molecule has 0 unspecified atom stereocenters. The first kappa shape index (κ1) is 14.9. The average molecular weight is 381 g/mol. The van der Waals surface area contributed by atoms with Gasteiger partial charge >= 0.3 is 5.69 Å². The summed E-state index contributed by atoms with van der Waals surface area (Å²) in [6.07, 6.45) is 0. The van der Waals surface area contributed by atoms with Gasteiger partial charge in [-0.1, -0.05) is 0 Å². The highest BCUT2D eigenvalue weighted by atomic mass is 79.9. The van der Waals surface area contributed by atoms with Crippen molar-refractivity contribution >= 4 is 48.7 Å². The fourth-order valence-electron chi connectivity index (χ4n) is 1.37. The fraction of sp³-hybridized carbons (Fsp3) is 0. The maximum Gasteiger partial charge on any atom is 0.304 e. The van der Waals surface area contributed by atoms with Gasteiger partial charge in [0.25, 0.3) is 10.0 Å². The Morgan fingerprint density at radius 3 is 2.50 bits per heavy atom. The number of rotatable bonds is 4. The van der Waals surface area contributed by atoms with Crippen LogP contribution < -0.4 is 4.72 Å². The van der Waals surface area contributed by atoms with E-state index in [1.165, 1.54) is 6.07 Å². The van der Waals surface area contributed by atoms with Crippen molar-refractivity contribution in [2.24, 2.45) is 0 Å². The zero-order chi connectivity index (χ0) is 14.9. The highest BCUT2D eigenvalue weighted by molar-refractivity contribution is 9.11. The Balaban J connectivity index is 2.30. The second kappa shape index (κ2) is 5.46. The molecule has 0 amide bonds. The van der Waals surface area contributed by atoms with Gasteiger partial charge in [-0.3, -0.25) is 14.8 Å². The van der Waals surface area contributed by atoms with Gasteiger partial charge in [0, 0.05) is 12.1 Å². The molecule has 1 aromatic heterocycles. The minimum Gasteiger partial charge on any atom is -0.279 e. The molecule has 1 heterocycles. The molecule has 20 heavy (non-hydrogen) atoms. The lowest BCUT2D eigenvalue weighted by atomic mass is 10.3. The number of halogens is 2. The smallest absolute Gasteiger partial charge is 0.279 e. The van der Waals surface area contributed by atoms with Gasteiger partial charge in [-0.05, 0) is 34.1 Å². The highest BCUT2D eigenvalue weighted by Crippen LogP contribution is 2.28. The molecule has 0 spiro atoms. The molecule has 0 aliphatic rings. The molecule has 2 rings (SSSR count). The Morgan fingerprint density at radius 1 is 1.30 bits per heavy atom. The van der Waals surface area contributed by atoms with Gasteiger partial charge in [0.1, 0.15) is 4.21 Å². The van der Waals surface area contributed by atoms with E-state index in [1.54, 1.807) is 6.07 Å². The standard InChI is InChI=1S/C10H6BrFN2O4S2/c11-9-3-4-10(19-9)20(17,18)13-6-1-2-8(14(15)16)7(12)5-6/h1-5,13H. The van der Waals surface area contributed by atoms with Gasteiger partial charge in [0.2, 0.25) is 5.82 Å². The van der Waals surface area contributed by atoms with Crippen molar-refractivity contribution in [2.75, 3.05) is 4.72 Å². The van der Waals surface area contributed by atoms with Crippen LogP contribution in [0.15, 0.2) is 38.3 Å². The summed E-state index contributed by atoms with van der Waals surface area (Å²) < 4.78 is 40.2. The van der Waals surface area contributed by atoms with Crippen molar-refractivity contribution < 1.29 is 17.7 Å². The predicted octanol–water partition coefficient (Wildman–Crippen LogP) is 3.36. The first-order chi connectivity index (χ1) is 9.29. The van der Waals surface area contributed by atoms with Gasteiger partial charge in [-0.2, -0.15) is 4.39 Å². The van der Waals surface area contributed by atoms with E-state index in [2.05, 4.69) is 20.7 Å². The molecule has 0 aliphatic carbocycles. The van der Waals surface area contributed by atoms with Crippen LogP contribution in [0, 0.1) is 15.9 Å². The molecule has 1 aromatic carbocycles. The molecule has 0 fully saturated rings. The summed E-state index contributed by atoms with van der Waals surface area (Å²) in [5.41, 5.74) is -0.801. The third-order valence-corrected chi connectivity index (χ3v) is 5.71. The topological polar surface area (TPSA) is 89.3 Å². The van der Waals surface area contributed by atoms with Crippen LogP contribution in [0.4, 0.5) is 15.8 Å². The molecular weight excluding hydrogens is 375 g/mol. The number of sulfonamides is 1. The minimum absolute atomic E-state index is 0.0446. The Morgan fingerprint density at radius 2 is 2.00 bits per heavy atom. The maximum atomic E-state index is 13.4. The van der Waals surface area contributed by atoms with E-state index in [0.717, 1.165) is 29.5 Å². The molecule has 1 N–H and O–H groups in total. The van der Waals surface area contributed by atoms with Gasteiger partial charge in [0.15, 0.2) is 0 Å². The predicted molar refractivity (Wildman–Crippen MR) is 75.9 cm³/mol. The van der Waals surface area contributed by atoms with Crippen molar-refractivity contribution in [1.82, 2.24) is 0 Å². The number of hydrogen-bond donors (Lipinski definition) is 1. The lowest BCUT2D eigenvalue weighted by Gasteiger charge is -2.06. The summed E-state index contributed by atoms with van der Waals surface area (Å²) in [5.74, 6) is -1.11. The van der Waals surface area contributed by atoms with Crippen LogP contribution in [0.1, 0.15) is 0 Å². The average Bonchev–Trinajstić information content (AvgIpc) is 2.75. The van der Waals surface area contributed by atoms with Crippen LogP contribution in [0.25, 0.3) is 0 Å². The molecule has 0 saturated carbocycles. The second-order valence-electron chi connectivity index (χ2n) is 3.59. The maximum absolute atomic E-state index is 13.4. The van der Waals surface area contributed by atoms with E-state index in [1.807, 2.05) is 0 Å². The SMILES string of the molecule is O=[N+]([O-])c1ccc(NS(=O)(=O)c2ccc(Br)s2)cc1F. The molecule has 0 aliphatic heterocycles. The number of nitrogens with zero attached hydrogens (tertiary/aromatic N) is 1. The van der Waals surface area contributed by atoms with Gasteiger partial charge in [0.05, 0.1) is 14.4 Å². The van der Waals surface area contributed by atoms with E-state index < -0.39 is 26.5 Å². The third kappa shape index (κ3) is 3.14. The Labute approximate surface area is 125 Å². The highest BCUT2D eigenvalue weighted by Gasteiger charge is 2.19. The van der Waals surface area contributed by atoms with Crippen molar-refractivity contribution in [1.29, 1.82) is 0 Å². The van der Waals surface area contributed by atoms with Gasteiger partial charge < -0.3 is 0 Å². The Hall–Kier alpha value is -1.52. The number of benzene rings is 1. The van der Waals surface area contributed by atoms with E-state index in [9.17, 15) is 22.9 Å². The molecular formula is C10H6BrFN2O4S2. The first-order valence-corrected chi connectivity index (χ1v) is 8.11. The Bertz CT molecular complexity index is 775. The zero-order valence-corrected chi connectivity index (χ0v) is 12.8. The zero-order valence-electron chi connectivity index (χ0n) is 9.54. The number of nitrogens with one attached hydrogen (secondary N) is 1. The molecule has 2 aromatic rings. The number of nitro benzene ring substituents is 1. The molecule has 6 nitrogen and oxygen atoms in total. The van der Waals surface area contributed by atoms with E-state index in [0.29, 0.717) is 3.79 Å². The molecule has 106 valence electrons. The molecule has 0 atom stereocenters. The van der Waals surface area contributed by atoms with Crippen LogP contribution >= 0.6 is 27.3 Å². The molecule has 0 bridgehead atoms. The summed E-state index contributed by atoms with van der Waals surface area (Å²) in [4.78, 5) is 9.58. The normalized spacial score (nSPS) is 11.3. The molecule has 0 radical (unpaired) electrons. The summed E-state index contributed by atoms with van der Waals surface area (Å²) in [6, 6.07) is 5.74. The number of anilines is 1. The lowest BCUT2D eigenvalue weighted by molar-refractivity contribution is -0.387. The lowest BCUT2D eigenvalue weighted by Crippen LogP contribution is -2.11. The number of thiophene rings is 1. The summed E-state index contributed by atoms with van der Waals surface area (Å²) in [5, 5.41) is 10.5. The van der Waals surface area contributed by atoms with Crippen LogP contribution in [0.3, 0.4) is 0 Å². The molecule has 0 saturated heterocycles. The quantitative estimate of drug-likeness (QED) is 0.650. The summed E-state index contributed by atoms with van der Waals surface area (Å²) >= 11 is 4.13. The van der Waals surface area contributed by atoms with Crippen LogP contribution in [0.2, 0.25) is 0 Å². The van der Waals surface area contributed by atoms with Gasteiger partial charge in [-0.25, -0.2) is 8.42 Å². The number of hydrogen-bond acceptors (Lipinski definition) is 5. The summed E-state index contributed by atoms with van der Waals surface area (Å²) in [6.45, 7) is 0. The molecule has 10 heteroatoms. The van der Waals surface area contributed by atoms with E-state index in [-0.39, 0.29) is 9.90 Å². The van der Waals surface area contributed by atoms with Crippen molar-refractivity contribution in [2.45, 2.75) is 4.21 Å². The third-order valence-electron chi connectivity index (χ3n) is 2.21. The monoisotopic (exact) mass is 380 g/mol. The number of nitro groups is 1. The Kier molecular flexibility index (Phi) is 4.06. The fourth-order valence-corrected chi connectivity index (χ4v) is 4.43.